The first-order valence-electron chi connectivity index (χ1n) is 11.9. The second kappa shape index (κ2) is 9.53. The Labute approximate surface area is 209 Å². The summed E-state index contributed by atoms with van der Waals surface area (Å²) in [4.78, 5) is 18.2. The Morgan fingerprint density at radius 3 is 2.22 bits per heavy atom. The first kappa shape index (κ1) is 23.7. The molecule has 0 radical (unpaired) electrons. The van der Waals surface area contributed by atoms with E-state index >= 15 is 0 Å². The van der Waals surface area contributed by atoms with Crippen molar-refractivity contribution in [3.8, 4) is 34.1 Å². The summed E-state index contributed by atoms with van der Waals surface area (Å²) < 4.78 is 23.5. The summed E-state index contributed by atoms with van der Waals surface area (Å²) in [5.74, 6) is 2.66. The number of fused-ring (bicyclic) bond motifs is 2. The zero-order valence-corrected chi connectivity index (χ0v) is 21.1. The molecular formula is C28H29N3O5. The van der Waals surface area contributed by atoms with E-state index in [1.165, 1.54) is 0 Å². The van der Waals surface area contributed by atoms with Crippen LogP contribution in [0.15, 0.2) is 42.6 Å². The molecule has 1 aliphatic rings. The Bertz CT molecular complexity index is 1460. The monoisotopic (exact) mass is 487 g/mol. The van der Waals surface area contributed by atoms with Crippen molar-refractivity contribution in [1.82, 2.24) is 14.6 Å². The van der Waals surface area contributed by atoms with Crippen LogP contribution < -0.4 is 18.9 Å². The fraction of sp³-hybridized carbons (Fsp3) is 0.321. The minimum absolute atomic E-state index is 0.00199. The maximum Gasteiger partial charge on any atom is 0.166 e. The molecule has 2 heterocycles. The number of aromatic nitrogens is 3. The van der Waals surface area contributed by atoms with Gasteiger partial charge in [-0.15, -0.1) is 0 Å². The fourth-order valence-corrected chi connectivity index (χ4v) is 4.96. The van der Waals surface area contributed by atoms with Crippen molar-refractivity contribution in [3.05, 3.63) is 65.1 Å². The summed E-state index contributed by atoms with van der Waals surface area (Å²) in [5, 5.41) is 4.77. The average molecular weight is 488 g/mol. The quantitative estimate of drug-likeness (QED) is 0.366. The van der Waals surface area contributed by atoms with Crippen molar-refractivity contribution in [2.45, 2.75) is 32.1 Å². The number of rotatable bonds is 7. The van der Waals surface area contributed by atoms with Gasteiger partial charge in [0.25, 0.3) is 0 Å². The van der Waals surface area contributed by atoms with Crippen LogP contribution in [-0.2, 0) is 12.8 Å². The van der Waals surface area contributed by atoms with E-state index in [9.17, 15) is 4.79 Å². The molecule has 0 spiro atoms. The number of hydrogen-bond acceptors (Lipinski definition) is 7. The van der Waals surface area contributed by atoms with E-state index in [2.05, 4.69) is 6.92 Å². The van der Waals surface area contributed by atoms with Crippen LogP contribution in [0, 0.1) is 0 Å². The molecule has 0 N–H and O–H groups in total. The maximum absolute atomic E-state index is 13.2. The van der Waals surface area contributed by atoms with Crippen LogP contribution in [0.1, 0.15) is 46.6 Å². The lowest BCUT2D eigenvalue weighted by molar-refractivity contribution is 0.0962. The van der Waals surface area contributed by atoms with E-state index in [1.54, 1.807) is 33.0 Å². The lowest BCUT2D eigenvalue weighted by Gasteiger charge is -2.24. The number of methoxy groups -OCH3 is 4. The average Bonchev–Trinajstić information content (AvgIpc) is 3.28. The van der Waals surface area contributed by atoms with Crippen LogP contribution in [0.25, 0.3) is 16.8 Å². The molecule has 2 aromatic carbocycles. The minimum Gasteiger partial charge on any atom is -0.493 e. The molecule has 4 aromatic rings. The minimum atomic E-state index is -0.00199. The first-order chi connectivity index (χ1) is 17.5. The number of ether oxygens (including phenoxy) is 4. The normalized spacial score (nSPS) is 15.0. The van der Waals surface area contributed by atoms with Gasteiger partial charge >= 0.3 is 0 Å². The molecule has 5 rings (SSSR count). The van der Waals surface area contributed by atoms with Gasteiger partial charge in [0.15, 0.2) is 34.4 Å². The summed E-state index contributed by atoms with van der Waals surface area (Å²) in [5.41, 5.74) is 5.93. The Kier molecular flexibility index (Phi) is 6.26. The van der Waals surface area contributed by atoms with Crippen molar-refractivity contribution >= 4 is 11.4 Å². The highest BCUT2D eigenvalue weighted by Gasteiger charge is 2.30. The highest BCUT2D eigenvalue weighted by Crippen LogP contribution is 2.39. The molecule has 8 nitrogen and oxygen atoms in total. The third kappa shape index (κ3) is 3.92. The summed E-state index contributed by atoms with van der Waals surface area (Å²) in [6.07, 6.45) is 3.60. The number of nitrogens with zero attached hydrogens (tertiary/aromatic N) is 3. The van der Waals surface area contributed by atoms with Crippen molar-refractivity contribution in [3.63, 3.8) is 0 Å². The van der Waals surface area contributed by atoms with Crippen molar-refractivity contribution in [2.24, 2.45) is 0 Å². The van der Waals surface area contributed by atoms with Crippen molar-refractivity contribution in [1.29, 1.82) is 0 Å². The number of carbonyl (C=O) groups excluding carboxylic acids is 1. The first-order valence-corrected chi connectivity index (χ1v) is 11.9. The summed E-state index contributed by atoms with van der Waals surface area (Å²) >= 11 is 0. The van der Waals surface area contributed by atoms with E-state index < -0.39 is 0 Å². The van der Waals surface area contributed by atoms with Gasteiger partial charge < -0.3 is 18.9 Å². The summed E-state index contributed by atoms with van der Waals surface area (Å²) in [7, 11) is 6.46. The number of ketones is 1. The van der Waals surface area contributed by atoms with Gasteiger partial charge in [-0.25, -0.2) is 9.50 Å². The molecule has 1 aliphatic carbocycles. The van der Waals surface area contributed by atoms with E-state index in [0.29, 0.717) is 41.4 Å². The second-order valence-electron chi connectivity index (χ2n) is 8.76. The highest BCUT2D eigenvalue weighted by molar-refractivity contribution is 5.99. The molecule has 1 atom stereocenters. The fourth-order valence-electron chi connectivity index (χ4n) is 4.96. The van der Waals surface area contributed by atoms with Gasteiger partial charge in [0.1, 0.15) is 0 Å². The Hall–Kier alpha value is -4.07. The number of hydrogen-bond donors (Lipinski definition) is 0. The molecule has 8 heteroatoms. The molecule has 0 aliphatic heterocycles. The number of aryl methyl sites for hydroxylation is 1. The van der Waals surface area contributed by atoms with Crippen LogP contribution in [0.5, 0.6) is 23.0 Å². The molecule has 1 unspecified atom stereocenters. The van der Waals surface area contributed by atoms with Gasteiger partial charge in [-0.05, 0) is 54.2 Å². The van der Waals surface area contributed by atoms with Gasteiger partial charge in [0.2, 0.25) is 0 Å². The largest absolute Gasteiger partial charge is 0.493 e. The van der Waals surface area contributed by atoms with E-state index in [4.69, 9.17) is 29.0 Å². The van der Waals surface area contributed by atoms with Gasteiger partial charge in [-0.1, -0.05) is 19.1 Å². The van der Waals surface area contributed by atoms with Gasteiger partial charge in [0, 0.05) is 18.2 Å². The zero-order chi connectivity index (χ0) is 25.4. The summed E-state index contributed by atoms with van der Waals surface area (Å²) in [6, 6.07) is 11.6. The topological polar surface area (TPSA) is 84.2 Å². The van der Waals surface area contributed by atoms with Gasteiger partial charge in [-0.3, -0.25) is 4.79 Å². The van der Waals surface area contributed by atoms with E-state index in [0.717, 1.165) is 40.1 Å². The maximum atomic E-state index is 13.2. The highest BCUT2D eigenvalue weighted by atomic mass is 16.5. The SMILES string of the molecule is CCc1nn2cc3c(nc2c1-c1ccc(OC)c(OC)c1)CC(c1ccc(OC)c(OC)c1)CC3=O. The van der Waals surface area contributed by atoms with Gasteiger partial charge in [-0.2, -0.15) is 5.10 Å². The molecule has 0 saturated carbocycles. The molecule has 0 bridgehead atoms. The van der Waals surface area contributed by atoms with Crippen molar-refractivity contribution in [2.75, 3.05) is 28.4 Å². The molecule has 0 fully saturated rings. The van der Waals surface area contributed by atoms with Crippen LogP contribution in [0.3, 0.4) is 0 Å². The number of Topliss-reactive ketones (excluding diaryl/α,β-unsaturated/α-hetero) is 1. The Morgan fingerprint density at radius 2 is 1.56 bits per heavy atom. The summed E-state index contributed by atoms with van der Waals surface area (Å²) in [6.45, 7) is 2.06. The van der Waals surface area contributed by atoms with Crippen molar-refractivity contribution < 1.29 is 23.7 Å². The molecular weight excluding hydrogens is 458 g/mol. The lowest BCUT2D eigenvalue weighted by Crippen LogP contribution is -2.21. The van der Waals surface area contributed by atoms with Gasteiger partial charge in [0.05, 0.1) is 45.4 Å². The van der Waals surface area contributed by atoms with Crippen LogP contribution in [-0.4, -0.2) is 48.8 Å². The Morgan fingerprint density at radius 1 is 0.889 bits per heavy atom. The lowest BCUT2D eigenvalue weighted by atomic mass is 9.82. The molecule has 0 amide bonds. The zero-order valence-electron chi connectivity index (χ0n) is 21.1. The molecule has 2 aromatic heterocycles. The van der Waals surface area contributed by atoms with Crippen LogP contribution >= 0.6 is 0 Å². The van der Waals surface area contributed by atoms with Crippen LogP contribution in [0.2, 0.25) is 0 Å². The number of carbonyl (C=O) groups is 1. The molecule has 36 heavy (non-hydrogen) atoms. The smallest absolute Gasteiger partial charge is 0.166 e. The van der Waals surface area contributed by atoms with Crippen LogP contribution in [0.4, 0.5) is 0 Å². The predicted molar refractivity (Wildman–Crippen MR) is 136 cm³/mol. The Balaban J connectivity index is 1.61. The second-order valence-corrected chi connectivity index (χ2v) is 8.76. The molecule has 0 saturated heterocycles. The number of benzene rings is 2. The predicted octanol–water partition coefficient (Wildman–Crippen LogP) is 4.91. The standard InChI is InChI=1S/C28H29N3O5/c1-6-20-27(17-8-10-24(34-3)26(14-17)36-5)28-29-21-11-18(12-22(32)19(21)15-31(28)30-20)16-7-9-23(33-2)25(13-16)35-4/h7-10,13-15,18H,6,11-12H2,1-5H3. The third-order valence-electron chi connectivity index (χ3n) is 6.82. The molecule has 186 valence electrons. The third-order valence-corrected chi connectivity index (χ3v) is 6.82. The van der Waals surface area contributed by atoms with E-state index in [1.807, 2.05) is 42.6 Å². The van der Waals surface area contributed by atoms with E-state index in [-0.39, 0.29) is 11.7 Å².